The van der Waals surface area contributed by atoms with E-state index >= 15 is 0 Å². The maximum atomic E-state index is 14.2. The summed E-state index contributed by atoms with van der Waals surface area (Å²) in [7, 11) is -2.94. The summed E-state index contributed by atoms with van der Waals surface area (Å²) < 4.78 is 35.8. The number of hydrogen-bond acceptors (Lipinski definition) is 7. The van der Waals surface area contributed by atoms with Crippen molar-refractivity contribution in [2.45, 2.75) is 38.4 Å². The summed E-state index contributed by atoms with van der Waals surface area (Å²) in [6, 6.07) is 27.4. The largest absolute Gasteiger partial charge is 0.467 e. The van der Waals surface area contributed by atoms with Gasteiger partial charge in [0.15, 0.2) is 6.10 Å². The van der Waals surface area contributed by atoms with Gasteiger partial charge in [-0.25, -0.2) is 9.59 Å². The number of alkyl carbamates (subject to hydrolysis) is 1. The Morgan fingerprint density at radius 1 is 0.806 bits per heavy atom. The Balaban J connectivity index is 1.85. The van der Waals surface area contributed by atoms with Crippen LogP contribution in [0.15, 0.2) is 91.0 Å². The van der Waals surface area contributed by atoms with Crippen molar-refractivity contribution in [3.63, 3.8) is 0 Å². The third-order valence-electron chi connectivity index (χ3n) is 5.24. The van der Waals surface area contributed by atoms with Crippen molar-refractivity contribution < 1.29 is 32.7 Å². The zero-order valence-corrected chi connectivity index (χ0v) is 21.1. The fourth-order valence-corrected chi connectivity index (χ4v) is 5.28. The van der Waals surface area contributed by atoms with Crippen LogP contribution in [0.3, 0.4) is 0 Å². The molecule has 0 aliphatic heterocycles. The van der Waals surface area contributed by atoms with E-state index < -0.39 is 31.5 Å². The molecule has 0 spiro atoms. The van der Waals surface area contributed by atoms with Gasteiger partial charge in [-0.1, -0.05) is 91.0 Å². The summed E-state index contributed by atoms with van der Waals surface area (Å²) in [5.41, 5.74) is 2.33. The lowest BCUT2D eigenvalue weighted by Crippen LogP contribution is -2.39. The molecule has 1 amide bonds. The molecule has 0 aliphatic rings. The molecule has 3 atom stereocenters. The number of methoxy groups -OCH3 is 1. The highest BCUT2D eigenvalue weighted by Crippen LogP contribution is 2.55. The molecule has 0 aromatic heterocycles. The summed E-state index contributed by atoms with van der Waals surface area (Å²) >= 11 is 0. The van der Waals surface area contributed by atoms with Crippen molar-refractivity contribution >= 4 is 19.7 Å². The second-order valence-corrected chi connectivity index (χ2v) is 10.2. The van der Waals surface area contributed by atoms with Gasteiger partial charge in [-0.3, -0.25) is 9.09 Å². The van der Waals surface area contributed by atoms with Crippen LogP contribution in [0.5, 0.6) is 0 Å². The van der Waals surface area contributed by atoms with Gasteiger partial charge in [0.25, 0.3) is 0 Å². The molecule has 0 saturated carbocycles. The molecule has 0 heterocycles. The number of hydrogen-bond donors (Lipinski definition) is 1. The zero-order chi connectivity index (χ0) is 25.8. The summed E-state index contributed by atoms with van der Waals surface area (Å²) in [6.07, 6.45) is -1.88. The van der Waals surface area contributed by atoms with Gasteiger partial charge in [0.05, 0.1) is 13.7 Å². The highest BCUT2D eigenvalue weighted by Gasteiger charge is 2.41. The number of carbonyl (C=O) groups is 2. The molecule has 190 valence electrons. The molecular weight excluding hydrogens is 481 g/mol. The van der Waals surface area contributed by atoms with Crippen molar-refractivity contribution in [3.05, 3.63) is 108 Å². The zero-order valence-electron chi connectivity index (χ0n) is 20.2. The minimum absolute atomic E-state index is 0.0271. The van der Waals surface area contributed by atoms with Crippen LogP contribution >= 0.6 is 7.60 Å². The van der Waals surface area contributed by atoms with E-state index in [2.05, 4.69) is 5.32 Å². The maximum absolute atomic E-state index is 14.2. The van der Waals surface area contributed by atoms with Crippen LogP contribution < -0.4 is 5.32 Å². The Hall–Kier alpha value is -3.45. The molecule has 8 nitrogen and oxygen atoms in total. The van der Waals surface area contributed by atoms with Crippen LogP contribution in [0.4, 0.5) is 4.79 Å². The molecule has 0 fully saturated rings. The van der Waals surface area contributed by atoms with Gasteiger partial charge in [0, 0.05) is 6.42 Å². The van der Waals surface area contributed by atoms with Crippen LogP contribution in [0.2, 0.25) is 0 Å². The van der Waals surface area contributed by atoms with Crippen molar-refractivity contribution in [2.75, 3.05) is 7.11 Å². The topological polar surface area (TPSA) is 100 Å². The number of ether oxygens (including phenoxy) is 2. The molecule has 3 aromatic rings. The number of nitrogens with one attached hydrogen (secondary N) is 1. The predicted octanol–water partition coefficient (Wildman–Crippen LogP) is 5.47. The SMILES string of the molecule is COC(=O)[C@H](C)OP(=O)(OCc1ccccc1)[C@H](Cc1ccccc1)NC(=O)OCc1ccccc1. The summed E-state index contributed by atoms with van der Waals surface area (Å²) in [6.45, 7) is 1.38. The van der Waals surface area contributed by atoms with Crippen molar-refractivity contribution in [1.29, 1.82) is 0 Å². The van der Waals surface area contributed by atoms with E-state index in [1.54, 1.807) is 0 Å². The van der Waals surface area contributed by atoms with Gasteiger partial charge in [0.2, 0.25) is 0 Å². The van der Waals surface area contributed by atoms with E-state index in [0.717, 1.165) is 16.7 Å². The van der Waals surface area contributed by atoms with Crippen molar-refractivity contribution in [1.82, 2.24) is 5.32 Å². The van der Waals surface area contributed by atoms with Gasteiger partial charge in [-0.15, -0.1) is 0 Å². The lowest BCUT2D eigenvalue weighted by molar-refractivity contribution is -0.148. The first-order chi connectivity index (χ1) is 17.4. The molecule has 3 rings (SSSR count). The third kappa shape index (κ3) is 8.34. The van der Waals surface area contributed by atoms with E-state index in [9.17, 15) is 14.2 Å². The molecule has 0 radical (unpaired) electrons. The highest BCUT2D eigenvalue weighted by atomic mass is 31.2. The number of carbonyl (C=O) groups excluding carboxylic acids is 2. The normalized spacial score (nSPS) is 14.2. The smallest absolute Gasteiger partial charge is 0.408 e. The second-order valence-electron chi connectivity index (χ2n) is 7.98. The number of rotatable bonds is 12. The van der Waals surface area contributed by atoms with Gasteiger partial charge in [-0.2, -0.15) is 0 Å². The van der Waals surface area contributed by atoms with E-state index in [4.69, 9.17) is 18.5 Å². The van der Waals surface area contributed by atoms with E-state index in [-0.39, 0.29) is 19.6 Å². The number of benzene rings is 3. The predicted molar refractivity (Wildman–Crippen MR) is 135 cm³/mol. The average molecular weight is 512 g/mol. The van der Waals surface area contributed by atoms with Crippen LogP contribution in [0.1, 0.15) is 23.6 Å². The molecule has 36 heavy (non-hydrogen) atoms. The average Bonchev–Trinajstić information content (AvgIpc) is 2.91. The Morgan fingerprint density at radius 3 is 1.83 bits per heavy atom. The first-order valence-electron chi connectivity index (χ1n) is 11.4. The quantitative estimate of drug-likeness (QED) is 0.254. The summed E-state index contributed by atoms with van der Waals surface area (Å²) in [5.74, 6) is -1.86. The van der Waals surface area contributed by atoms with E-state index in [1.807, 2.05) is 91.0 Å². The summed E-state index contributed by atoms with van der Waals surface area (Å²) in [4.78, 5) is 24.8. The van der Waals surface area contributed by atoms with Gasteiger partial charge in [0.1, 0.15) is 12.4 Å². The first-order valence-corrected chi connectivity index (χ1v) is 13.1. The van der Waals surface area contributed by atoms with Gasteiger partial charge < -0.3 is 19.3 Å². The number of amides is 1. The van der Waals surface area contributed by atoms with E-state index in [0.29, 0.717) is 0 Å². The van der Waals surface area contributed by atoms with Crippen molar-refractivity contribution in [2.24, 2.45) is 0 Å². The minimum Gasteiger partial charge on any atom is -0.467 e. The number of esters is 1. The Labute approximate surface area is 211 Å². The fraction of sp³-hybridized carbons (Fsp3) is 0.259. The monoisotopic (exact) mass is 511 g/mol. The molecule has 3 aromatic carbocycles. The molecule has 0 saturated heterocycles. The van der Waals surface area contributed by atoms with Crippen LogP contribution in [0, 0.1) is 0 Å². The third-order valence-corrected chi connectivity index (χ3v) is 7.42. The van der Waals surface area contributed by atoms with Gasteiger partial charge in [-0.05, 0) is 23.6 Å². The molecule has 9 heteroatoms. The van der Waals surface area contributed by atoms with Crippen LogP contribution in [-0.2, 0) is 47.5 Å². The lowest BCUT2D eigenvalue weighted by atomic mass is 10.1. The minimum atomic E-state index is -4.15. The Kier molecular flexibility index (Phi) is 10.2. The lowest BCUT2D eigenvalue weighted by Gasteiger charge is -2.29. The summed E-state index contributed by atoms with van der Waals surface area (Å²) in [5, 5.41) is 2.65. The van der Waals surface area contributed by atoms with Crippen LogP contribution in [-0.4, -0.2) is 31.1 Å². The Morgan fingerprint density at radius 2 is 1.31 bits per heavy atom. The Bertz CT molecular complexity index is 1140. The maximum Gasteiger partial charge on any atom is 0.408 e. The standard InChI is InChI=1S/C27H30NO7P/c1-21(26(29)32-2)35-36(31,34-20-24-16-10-5-11-17-24)25(18-22-12-6-3-7-13-22)28-27(30)33-19-23-14-8-4-9-15-23/h3-17,21,25H,18-20H2,1-2H3,(H,28,30)/t21-,25+,36?/m0/s1. The van der Waals surface area contributed by atoms with Crippen LogP contribution in [0.25, 0.3) is 0 Å². The second kappa shape index (κ2) is 13.6. The molecular formula is C27H30NO7P. The molecule has 0 aliphatic carbocycles. The molecule has 0 bridgehead atoms. The molecule has 1 unspecified atom stereocenters. The first kappa shape index (κ1) is 27.1. The van der Waals surface area contributed by atoms with Crippen molar-refractivity contribution in [3.8, 4) is 0 Å². The highest BCUT2D eigenvalue weighted by molar-refractivity contribution is 7.54. The van der Waals surface area contributed by atoms with E-state index in [1.165, 1.54) is 14.0 Å². The fourth-order valence-electron chi connectivity index (χ4n) is 3.34. The molecule has 1 N–H and O–H groups in total. The van der Waals surface area contributed by atoms with Gasteiger partial charge >= 0.3 is 19.7 Å².